The molecule has 7 heteroatoms. The van der Waals surface area contributed by atoms with E-state index in [0.29, 0.717) is 21.8 Å². The summed E-state index contributed by atoms with van der Waals surface area (Å²) in [6.45, 7) is 0. The molecule has 0 heterocycles. The highest BCUT2D eigenvalue weighted by atomic mass is 35.5. The number of hydrogen-bond acceptors (Lipinski definition) is 3. The molecule has 0 unspecified atom stereocenters. The average molecular weight is 416 g/mol. The van der Waals surface area contributed by atoms with Gasteiger partial charge in [-0.15, -0.1) is 0 Å². The Balaban J connectivity index is 1.62. The molecule has 0 saturated heterocycles. The number of anilines is 1. The van der Waals surface area contributed by atoms with Gasteiger partial charge < -0.3 is 10.6 Å². The van der Waals surface area contributed by atoms with Gasteiger partial charge in [-0.05, 0) is 55.4 Å². The first-order chi connectivity index (χ1) is 13.5. The molecule has 28 heavy (non-hydrogen) atoms. The molecule has 3 N–H and O–H groups in total. The Labute approximate surface area is 174 Å². The van der Waals surface area contributed by atoms with Gasteiger partial charge in [0, 0.05) is 17.3 Å². The monoisotopic (exact) mass is 415 g/mol. The molecule has 1 aliphatic carbocycles. The van der Waals surface area contributed by atoms with E-state index < -0.39 is 0 Å². The van der Waals surface area contributed by atoms with Crippen LogP contribution in [0.4, 0.5) is 5.69 Å². The summed E-state index contributed by atoms with van der Waals surface area (Å²) in [4.78, 5) is 24.8. The van der Waals surface area contributed by atoms with Gasteiger partial charge in [-0.25, -0.2) is 0 Å². The summed E-state index contributed by atoms with van der Waals surface area (Å²) in [5, 5.41) is 9.13. The van der Waals surface area contributed by atoms with Crippen LogP contribution < -0.4 is 16.0 Å². The lowest BCUT2D eigenvalue weighted by Gasteiger charge is -2.23. The van der Waals surface area contributed by atoms with Crippen LogP contribution in [-0.2, 0) is 0 Å². The van der Waals surface area contributed by atoms with Gasteiger partial charge in [0.15, 0.2) is 5.11 Å². The van der Waals surface area contributed by atoms with Crippen LogP contribution in [0.5, 0.6) is 0 Å². The topological polar surface area (TPSA) is 70.2 Å². The second kappa shape index (κ2) is 9.66. The number of amides is 2. The SMILES string of the molecule is O=C(NC(=S)Nc1ccc(Cl)c(C(=O)NC2CCCCC2)c1)c1ccccc1. The Bertz CT molecular complexity index is 867. The largest absolute Gasteiger partial charge is 0.349 e. The Kier molecular flexibility index (Phi) is 7.01. The summed E-state index contributed by atoms with van der Waals surface area (Å²) in [6.07, 6.45) is 5.48. The molecule has 0 radical (unpaired) electrons. The van der Waals surface area contributed by atoms with E-state index in [1.54, 1.807) is 42.5 Å². The molecular weight excluding hydrogens is 394 g/mol. The van der Waals surface area contributed by atoms with Crippen molar-refractivity contribution in [2.75, 3.05) is 5.32 Å². The van der Waals surface area contributed by atoms with Crippen molar-refractivity contribution in [1.82, 2.24) is 10.6 Å². The summed E-state index contributed by atoms with van der Waals surface area (Å²) in [7, 11) is 0. The standard InChI is InChI=1S/C21H22ClN3O2S/c22-18-12-11-16(13-17(18)20(27)23-15-9-5-2-6-10-15)24-21(28)25-19(26)14-7-3-1-4-8-14/h1,3-4,7-8,11-13,15H,2,5-6,9-10H2,(H,23,27)(H2,24,25,26,28). The number of rotatable bonds is 4. The first kappa shape index (κ1) is 20.3. The Morgan fingerprint density at radius 3 is 2.39 bits per heavy atom. The highest BCUT2D eigenvalue weighted by Crippen LogP contribution is 2.23. The van der Waals surface area contributed by atoms with E-state index in [1.807, 2.05) is 6.07 Å². The second-order valence-corrected chi connectivity index (χ2v) is 7.59. The van der Waals surface area contributed by atoms with Crippen molar-refractivity contribution >= 4 is 46.4 Å². The third kappa shape index (κ3) is 5.53. The van der Waals surface area contributed by atoms with Crippen LogP contribution in [0.3, 0.4) is 0 Å². The number of halogens is 1. The van der Waals surface area contributed by atoms with Gasteiger partial charge in [0.05, 0.1) is 10.6 Å². The normalized spacial score (nSPS) is 14.2. The molecule has 3 rings (SSSR count). The molecule has 1 aliphatic rings. The summed E-state index contributed by atoms with van der Waals surface area (Å²) < 4.78 is 0. The number of thiocarbonyl (C=S) groups is 1. The molecule has 1 saturated carbocycles. The predicted octanol–water partition coefficient (Wildman–Crippen LogP) is 4.53. The molecule has 146 valence electrons. The van der Waals surface area contributed by atoms with Crippen molar-refractivity contribution in [3.63, 3.8) is 0 Å². The fraction of sp³-hybridized carbons (Fsp3) is 0.286. The Hall–Kier alpha value is -2.44. The highest BCUT2D eigenvalue weighted by molar-refractivity contribution is 7.80. The lowest BCUT2D eigenvalue weighted by atomic mass is 9.95. The van der Waals surface area contributed by atoms with Gasteiger partial charge in [0.2, 0.25) is 0 Å². The quantitative estimate of drug-likeness (QED) is 0.641. The third-order valence-electron chi connectivity index (χ3n) is 4.67. The Morgan fingerprint density at radius 2 is 1.68 bits per heavy atom. The molecule has 2 amide bonds. The van der Waals surface area contributed by atoms with Crippen LogP contribution in [0.1, 0.15) is 52.8 Å². The van der Waals surface area contributed by atoms with Crippen LogP contribution >= 0.6 is 23.8 Å². The van der Waals surface area contributed by atoms with Crippen molar-refractivity contribution in [2.24, 2.45) is 0 Å². The second-order valence-electron chi connectivity index (χ2n) is 6.78. The van der Waals surface area contributed by atoms with Crippen LogP contribution in [0.15, 0.2) is 48.5 Å². The summed E-state index contributed by atoms with van der Waals surface area (Å²) in [5.41, 5.74) is 1.47. The zero-order chi connectivity index (χ0) is 19.9. The van der Waals surface area contributed by atoms with Gasteiger partial charge >= 0.3 is 0 Å². The van der Waals surface area contributed by atoms with E-state index in [2.05, 4.69) is 16.0 Å². The van der Waals surface area contributed by atoms with Crippen molar-refractivity contribution < 1.29 is 9.59 Å². The third-order valence-corrected chi connectivity index (χ3v) is 5.21. The van der Waals surface area contributed by atoms with Crippen molar-refractivity contribution in [3.05, 3.63) is 64.7 Å². The van der Waals surface area contributed by atoms with E-state index in [-0.39, 0.29) is 23.0 Å². The smallest absolute Gasteiger partial charge is 0.257 e. The first-order valence-electron chi connectivity index (χ1n) is 9.31. The fourth-order valence-electron chi connectivity index (χ4n) is 3.21. The number of nitrogens with one attached hydrogen (secondary N) is 3. The molecule has 0 bridgehead atoms. The molecule has 1 fully saturated rings. The maximum Gasteiger partial charge on any atom is 0.257 e. The van der Waals surface area contributed by atoms with E-state index >= 15 is 0 Å². The number of carbonyl (C=O) groups excluding carboxylic acids is 2. The zero-order valence-corrected chi connectivity index (χ0v) is 16.9. The van der Waals surface area contributed by atoms with Gasteiger partial charge in [-0.3, -0.25) is 14.9 Å². The van der Waals surface area contributed by atoms with E-state index in [0.717, 1.165) is 25.7 Å². The molecule has 0 aliphatic heterocycles. The van der Waals surface area contributed by atoms with E-state index in [4.69, 9.17) is 23.8 Å². The highest BCUT2D eigenvalue weighted by Gasteiger charge is 2.19. The molecule has 0 aromatic heterocycles. The van der Waals surface area contributed by atoms with Gasteiger partial charge in [-0.2, -0.15) is 0 Å². The van der Waals surface area contributed by atoms with E-state index in [1.165, 1.54) is 6.42 Å². The van der Waals surface area contributed by atoms with Crippen LogP contribution in [0.2, 0.25) is 5.02 Å². The van der Waals surface area contributed by atoms with Crippen LogP contribution in [0.25, 0.3) is 0 Å². The Morgan fingerprint density at radius 1 is 0.964 bits per heavy atom. The molecule has 0 spiro atoms. The lowest BCUT2D eigenvalue weighted by Crippen LogP contribution is -2.36. The molecule has 0 atom stereocenters. The van der Waals surface area contributed by atoms with Crippen molar-refractivity contribution in [2.45, 2.75) is 38.1 Å². The van der Waals surface area contributed by atoms with Crippen molar-refractivity contribution in [3.8, 4) is 0 Å². The van der Waals surface area contributed by atoms with Gasteiger partial charge in [0.1, 0.15) is 0 Å². The molecule has 5 nitrogen and oxygen atoms in total. The van der Waals surface area contributed by atoms with E-state index in [9.17, 15) is 9.59 Å². The molecule has 2 aromatic rings. The fourth-order valence-corrected chi connectivity index (χ4v) is 3.63. The summed E-state index contributed by atoms with van der Waals surface area (Å²) in [5.74, 6) is -0.498. The maximum absolute atomic E-state index is 12.6. The maximum atomic E-state index is 12.6. The predicted molar refractivity (Wildman–Crippen MR) is 116 cm³/mol. The summed E-state index contributed by atoms with van der Waals surface area (Å²) >= 11 is 11.4. The average Bonchev–Trinajstić information content (AvgIpc) is 2.70. The van der Waals surface area contributed by atoms with Crippen molar-refractivity contribution in [1.29, 1.82) is 0 Å². The molecule has 2 aromatic carbocycles. The van der Waals surface area contributed by atoms with Gasteiger partial charge in [-0.1, -0.05) is 49.1 Å². The summed E-state index contributed by atoms with van der Waals surface area (Å²) in [6, 6.07) is 14.0. The number of carbonyl (C=O) groups is 2. The number of hydrogen-bond donors (Lipinski definition) is 3. The van der Waals surface area contributed by atoms with Gasteiger partial charge in [0.25, 0.3) is 11.8 Å². The molecular formula is C21H22ClN3O2S. The minimum absolute atomic E-state index is 0.148. The minimum Gasteiger partial charge on any atom is -0.349 e. The first-order valence-corrected chi connectivity index (χ1v) is 10.1. The minimum atomic E-state index is -0.303. The lowest BCUT2D eigenvalue weighted by molar-refractivity contribution is 0.0926. The zero-order valence-electron chi connectivity index (χ0n) is 15.3. The van der Waals surface area contributed by atoms with Crippen LogP contribution in [0, 0.1) is 0 Å². The van der Waals surface area contributed by atoms with Crippen LogP contribution in [-0.4, -0.2) is 23.0 Å². The number of benzene rings is 2.